The number of aliphatic carboxylic acids is 1. The molecule has 0 heterocycles. The molecule has 1 aliphatic carbocycles. The van der Waals surface area contributed by atoms with Crippen LogP contribution in [0.1, 0.15) is 23.2 Å². The topological polar surface area (TPSA) is 95.5 Å². The zero-order chi connectivity index (χ0) is 21.0. The molecule has 3 N–H and O–H groups in total. The number of rotatable bonds is 5. The highest BCUT2D eigenvalue weighted by Gasteiger charge is 2.34. The van der Waals surface area contributed by atoms with Crippen molar-refractivity contribution < 1.29 is 19.5 Å². The van der Waals surface area contributed by atoms with Crippen molar-refractivity contribution in [3.05, 3.63) is 70.2 Å². The van der Waals surface area contributed by atoms with Crippen molar-refractivity contribution in [2.45, 2.75) is 12.8 Å². The summed E-state index contributed by atoms with van der Waals surface area (Å²) in [5.74, 6) is -3.39. The maximum atomic E-state index is 12.7. The Hall–Kier alpha value is -2.83. The lowest BCUT2D eigenvalue weighted by Crippen LogP contribution is -2.35. The molecule has 0 unspecified atom stereocenters. The third kappa shape index (κ3) is 4.96. The average molecular weight is 433 g/mol. The molecule has 0 bridgehead atoms. The Labute approximate surface area is 177 Å². The van der Waals surface area contributed by atoms with Crippen LogP contribution < -0.4 is 10.6 Å². The Kier molecular flexibility index (Phi) is 6.56. The van der Waals surface area contributed by atoms with Gasteiger partial charge in [0, 0.05) is 5.69 Å². The molecule has 0 fully saturated rings. The summed E-state index contributed by atoms with van der Waals surface area (Å²) in [6, 6.07) is 11.2. The first kappa shape index (κ1) is 20.9. The molecule has 0 aliphatic heterocycles. The van der Waals surface area contributed by atoms with Crippen LogP contribution in [-0.2, 0) is 9.59 Å². The van der Waals surface area contributed by atoms with E-state index in [0.717, 1.165) is 0 Å². The molecule has 0 aromatic heterocycles. The highest BCUT2D eigenvalue weighted by atomic mass is 35.5. The van der Waals surface area contributed by atoms with Crippen LogP contribution in [-0.4, -0.2) is 22.9 Å². The Balaban J connectivity index is 1.78. The molecule has 0 saturated carbocycles. The van der Waals surface area contributed by atoms with Crippen LogP contribution in [0.2, 0.25) is 10.0 Å². The van der Waals surface area contributed by atoms with Crippen LogP contribution in [0.25, 0.3) is 0 Å². The summed E-state index contributed by atoms with van der Waals surface area (Å²) in [6.45, 7) is 0. The lowest BCUT2D eigenvalue weighted by Gasteiger charge is -2.24. The Morgan fingerprint density at radius 1 is 0.897 bits per heavy atom. The van der Waals surface area contributed by atoms with E-state index in [4.69, 9.17) is 23.2 Å². The maximum absolute atomic E-state index is 12.7. The van der Waals surface area contributed by atoms with E-state index in [1.807, 2.05) is 0 Å². The summed E-state index contributed by atoms with van der Waals surface area (Å²) in [7, 11) is 0. The van der Waals surface area contributed by atoms with Gasteiger partial charge in [-0.15, -0.1) is 0 Å². The summed E-state index contributed by atoms with van der Waals surface area (Å²) in [5.41, 5.74) is 0.993. The number of allylic oxidation sites excluding steroid dienone is 2. The van der Waals surface area contributed by atoms with Crippen LogP contribution in [0.3, 0.4) is 0 Å². The van der Waals surface area contributed by atoms with Crippen molar-refractivity contribution in [2.24, 2.45) is 11.8 Å². The Morgan fingerprint density at radius 2 is 1.59 bits per heavy atom. The van der Waals surface area contributed by atoms with Gasteiger partial charge in [0.15, 0.2) is 0 Å². The van der Waals surface area contributed by atoms with Crippen molar-refractivity contribution in [3.63, 3.8) is 0 Å². The van der Waals surface area contributed by atoms with Crippen molar-refractivity contribution in [2.75, 3.05) is 10.6 Å². The van der Waals surface area contributed by atoms with Gasteiger partial charge < -0.3 is 15.7 Å². The normalized spacial score (nSPS) is 18.1. The van der Waals surface area contributed by atoms with Crippen molar-refractivity contribution >= 4 is 52.4 Å². The molecule has 0 spiro atoms. The molecule has 2 aromatic rings. The van der Waals surface area contributed by atoms with E-state index in [-0.39, 0.29) is 5.56 Å². The lowest BCUT2D eigenvalue weighted by molar-refractivity contribution is -0.146. The SMILES string of the molecule is O=C(Nc1ccc(Cl)c(Cl)c1)c1ccccc1NC(=O)[C@@H]1CC=CC[C@@H]1C(=O)O. The van der Waals surface area contributed by atoms with Crippen LogP contribution in [0, 0.1) is 11.8 Å². The molecule has 3 rings (SSSR count). The number of halogens is 2. The van der Waals surface area contributed by atoms with Gasteiger partial charge in [-0.1, -0.05) is 47.5 Å². The monoisotopic (exact) mass is 432 g/mol. The van der Waals surface area contributed by atoms with Crippen molar-refractivity contribution in [1.82, 2.24) is 0 Å². The Morgan fingerprint density at radius 3 is 2.28 bits per heavy atom. The first-order valence-corrected chi connectivity index (χ1v) is 9.66. The highest BCUT2D eigenvalue weighted by molar-refractivity contribution is 6.42. The minimum atomic E-state index is -1.01. The highest BCUT2D eigenvalue weighted by Crippen LogP contribution is 2.29. The van der Waals surface area contributed by atoms with Gasteiger partial charge in [-0.2, -0.15) is 0 Å². The number of carboxylic acids is 1. The van der Waals surface area contributed by atoms with Gasteiger partial charge in [-0.3, -0.25) is 14.4 Å². The van der Waals surface area contributed by atoms with Gasteiger partial charge in [-0.05, 0) is 43.2 Å². The molecule has 6 nitrogen and oxygen atoms in total. The quantitative estimate of drug-likeness (QED) is 0.588. The molecule has 1 aliphatic rings. The van der Waals surface area contributed by atoms with Gasteiger partial charge in [0.2, 0.25) is 5.91 Å². The number of benzene rings is 2. The van der Waals surface area contributed by atoms with E-state index >= 15 is 0 Å². The van der Waals surface area contributed by atoms with Gasteiger partial charge in [0.25, 0.3) is 5.91 Å². The first-order valence-electron chi connectivity index (χ1n) is 8.91. The van der Waals surface area contributed by atoms with Crippen molar-refractivity contribution in [1.29, 1.82) is 0 Å². The largest absolute Gasteiger partial charge is 0.481 e. The minimum Gasteiger partial charge on any atom is -0.481 e. The zero-order valence-corrected chi connectivity index (χ0v) is 16.7. The number of carbonyl (C=O) groups excluding carboxylic acids is 2. The number of carbonyl (C=O) groups is 3. The number of nitrogens with one attached hydrogen (secondary N) is 2. The van der Waals surface area contributed by atoms with Gasteiger partial charge in [0.1, 0.15) is 0 Å². The number of hydrogen-bond acceptors (Lipinski definition) is 3. The predicted molar refractivity (Wildman–Crippen MR) is 112 cm³/mol. The fourth-order valence-corrected chi connectivity index (χ4v) is 3.46. The van der Waals surface area contributed by atoms with Crippen molar-refractivity contribution in [3.8, 4) is 0 Å². The molecule has 2 aromatic carbocycles. The fourth-order valence-electron chi connectivity index (χ4n) is 3.16. The van der Waals surface area contributed by atoms with Gasteiger partial charge in [-0.25, -0.2) is 0 Å². The molecular weight excluding hydrogens is 415 g/mol. The van der Waals surface area contributed by atoms with Crippen LogP contribution in [0.4, 0.5) is 11.4 Å². The second-order valence-corrected chi connectivity index (χ2v) is 7.43. The number of hydrogen-bond donors (Lipinski definition) is 3. The minimum absolute atomic E-state index is 0.241. The smallest absolute Gasteiger partial charge is 0.307 e. The van der Waals surface area contributed by atoms with E-state index in [1.54, 1.807) is 48.6 Å². The molecule has 0 radical (unpaired) electrons. The summed E-state index contributed by atoms with van der Waals surface area (Å²) in [6.07, 6.45) is 4.20. The van der Waals surface area contributed by atoms with E-state index in [1.165, 1.54) is 6.07 Å². The number of anilines is 2. The van der Waals surface area contributed by atoms with Gasteiger partial charge >= 0.3 is 5.97 Å². The summed E-state index contributed by atoms with van der Waals surface area (Å²) < 4.78 is 0. The third-order valence-corrected chi connectivity index (χ3v) is 5.43. The Bertz CT molecular complexity index is 990. The molecule has 2 atom stereocenters. The summed E-state index contributed by atoms with van der Waals surface area (Å²) >= 11 is 11.9. The molecule has 29 heavy (non-hydrogen) atoms. The number of para-hydroxylation sites is 1. The third-order valence-electron chi connectivity index (χ3n) is 4.69. The number of carboxylic acid groups (broad SMARTS) is 1. The molecular formula is C21H18Cl2N2O4. The summed E-state index contributed by atoms with van der Waals surface area (Å²) in [5, 5.41) is 15.5. The number of amides is 2. The van der Waals surface area contributed by atoms with Crippen LogP contribution in [0.5, 0.6) is 0 Å². The average Bonchev–Trinajstić information content (AvgIpc) is 2.71. The van der Waals surface area contributed by atoms with E-state index in [2.05, 4.69) is 10.6 Å². The molecule has 150 valence electrons. The second kappa shape index (κ2) is 9.11. The van der Waals surface area contributed by atoms with Crippen LogP contribution >= 0.6 is 23.2 Å². The molecule has 0 saturated heterocycles. The first-order chi connectivity index (χ1) is 13.9. The van der Waals surface area contributed by atoms with Crippen LogP contribution in [0.15, 0.2) is 54.6 Å². The maximum Gasteiger partial charge on any atom is 0.307 e. The second-order valence-electron chi connectivity index (χ2n) is 6.61. The zero-order valence-electron chi connectivity index (χ0n) is 15.2. The summed E-state index contributed by atoms with van der Waals surface area (Å²) in [4.78, 5) is 36.9. The predicted octanol–water partition coefficient (Wildman–Crippen LogP) is 4.85. The molecule has 8 heteroatoms. The fraction of sp³-hybridized carbons (Fsp3) is 0.190. The standard InChI is InChI=1S/C21H18Cl2N2O4/c22-16-10-9-12(11-17(16)23)24-20(27)15-7-3-4-8-18(15)25-19(26)13-5-1-2-6-14(13)21(28)29/h1-4,7-11,13-14H,5-6H2,(H,24,27)(H,25,26)(H,28,29)/t13-,14+/m1/s1. The van der Waals surface area contributed by atoms with Gasteiger partial charge in [0.05, 0.1) is 33.1 Å². The van der Waals surface area contributed by atoms with E-state index in [0.29, 0.717) is 34.3 Å². The molecule has 2 amide bonds. The lowest BCUT2D eigenvalue weighted by atomic mass is 9.82. The van der Waals surface area contributed by atoms with E-state index in [9.17, 15) is 19.5 Å². The van der Waals surface area contributed by atoms with E-state index < -0.39 is 29.6 Å².